The van der Waals surface area contributed by atoms with E-state index in [1.807, 2.05) is 6.92 Å². The van der Waals surface area contributed by atoms with Crippen molar-refractivity contribution in [2.45, 2.75) is 58.1 Å². The molecule has 0 spiro atoms. The van der Waals surface area contributed by atoms with Crippen LogP contribution >= 0.6 is 6.49 Å². The normalized spacial score (nSPS) is 17.5. The number of anilines is 1. The Morgan fingerprint density at radius 1 is 1.09 bits per heavy atom. The van der Waals surface area contributed by atoms with Crippen molar-refractivity contribution >= 4 is 47.2 Å². The zero-order valence-corrected chi connectivity index (χ0v) is 21.2. The number of carbonyl (C=O) groups excluding carboxylic acids is 2. The minimum Gasteiger partial charge on any atom is -0.438 e. The average Bonchev–Trinajstić information content (AvgIpc) is 3.14. The Morgan fingerprint density at radius 2 is 1.69 bits per heavy atom. The Hall–Kier alpha value is -2.18. The standard InChI is InChI=1S/C21H30N5O7PS/c1-14(8-26-10-25-17-18(22)23-9-24-19(17)26)31-13-34(35,32-11-29-20(27)15-4-2-5-15)33-12-30-21(28)16-6-3-7-16/h9-10,14-16H,2-8,11-13H2,1H3,(H2,22,23,24)/t14-/m1/s1. The van der Waals surface area contributed by atoms with Crippen molar-refractivity contribution in [2.75, 3.05) is 25.7 Å². The minimum absolute atomic E-state index is 0.0742. The molecule has 2 aliphatic carbocycles. The van der Waals surface area contributed by atoms with Crippen LogP contribution in [0.25, 0.3) is 11.2 Å². The van der Waals surface area contributed by atoms with E-state index < -0.39 is 6.49 Å². The molecule has 35 heavy (non-hydrogen) atoms. The van der Waals surface area contributed by atoms with Crippen LogP contribution in [-0.4, -0.2) is 57.5 Å². The number of nitrogens with zero attached hydrogens (tertiary/aromatic N) is 4. The van der Waals surface area contributed by atoms with Crippen LogP contribution in [0.3, 0.4) is 0 Å². The average molecular weight is 528 g/mol. The summed E-state index contributed by atoms with van der Waals surface area (Å²) in [5, 5.41) is 0. The first-order valence-electron chi connectivity index (χ1n) is 11.6. The van der Waals surface area contributed by atoms with Gasteiger partial charge in [-0.3, -0.25) is 18.6 Å². The number of nitrogens with two attached hydrogens (primary N) is 1. The van der Waals surface area contributed by atoms with E-state index in [4.69, 9.17) is 40.8 Å². The fourth-order valence-electron chi connectivity index (χ4n) is 3.55. The van der Waals surface area contributed by atoms with Crippen LogP contribution in [0, 0.1) is 11.8 Å². The predicted octanol–water partition coefficient (Wildman–Crippen LogP) is 2.72. The number of esters is 2. The summed E-state index contributed by atoms with van der Waals surface area (Å²) in [4.78, 5) is 36.4. The third kappa shape index (κ3) is 6.73. The van der Waals surface area contributed by atoms with E-state index in [-0.39, 0.29) is 49.8 Å². The second-order valence-electron chi connectivity index (χ2n) is 8.72. The summed E-state index contributed by atoms with van der Waals surface area (Å²) in [7, 11) is 0. The molecule has 2 aromatic rings. The number of aromatic nitrogens is 4. The summed E-state index contributed by atoms with van der Waals surface area (Å²) >= 11 is 5.59. The maximum absolute atomic E-state index is 12.0. The van der Waals surface area contributed by atoms with Crippen molar-refractivity contribution in [3.8, 4) is 0 Å². The van der Waals surface area contributed by atoms with E-state index >= 15 is 0 Å². The van der Waals surface area contributed by atoms with Gasteiger partial charge >= 0.3 is 11.9 Å². The lowest BCUT2D eigenvalue weighted by atomic mass is 9.86. The first kappa shape index (κ1) is 25.9. The number of imidazole rings is 1. The largest absolute Gasteiger partial charge is 0.438 e. The van der Waals surface area contributed by atoms with Crippen molar-refractivity contribution in [3.63, 3.8) is 0 Å². The zero-order valence-electron chi connectivity index (χ0n) is 19.5. The second kappa shape index (κ2) is 11.7. The molecule has 0 aromatic carbocycles. The monoisotopic (exact) mass is 527 g/mol. The van der Waals surface area contributed by atoms with E-state index in [2.05, 4.69) is 15.0 Å². The van der Waals surface area contributed by atoms with Crippen LogP contribution in [-0.2, 0) is 51.2 Å². The van der Waals surface area contributed by atoms with Crippen LogP contribution in [0.1, 0.15) is 45.4 Å². The lowest BCUT2D eigenvalue weighted by Crippen LogP contribution is -2.26. The molecule has 2 aromatic heterocycles. The molecule has 2 N–H and O–H groups in total. The highest BCUT2D eigenvalue weighted by Gasteiger charge is 2.30. The number of hydrogen-bond donors (Lipinski definition) is 1. The molecule has 14 heteroatoms. The summed E-state index contributed by atoms with van der Waals surface area (Å²) in [5.74, 6) is -0.485. The molecule has 2 aliphatic rings. The molecule has 1 atom stereocenters. The molecular formula is C21H30N5O7PS. The summed E-state index contributed by atoms with van der Waals surface area (Å²) in [6, 6.07) is 0. The SMILES string of the molecule is C[C@H](Cn1cnc2c(N)ncnc21)OCP(=S)(OCOC(=O)C1CCC1)OCOC(=O)C1CCC1. The topological polar surface area (TPSA) is 150 Å². The second-order valence-corrected chi connectivity index (χ2v) is 12.4. The van der Waals surface area contributed by atoms with Gasteiger partial charge in [0.15, 0.2) is 25.1 Å². The van der Waals surface area contributed by atoms with Gasteiger partial charge in [0.1, 0.15) is 18.2 Å². The van der Waals surface area contributed by atoms with Crippen LogP contribution in [0.4, 0.5) is 5.82 Å². The van der Waals surface area contributed by atoms with Crippen molar-refractivity contribution in [1.29, 1.82) is 0 Å². The summed E-state index contributed by atoms with van der Waals surface area (Å²) < 4.78 is 29.5. The molecule has 0 amide bonds. The predicted molar refractivity (Wildman–Crippen MR) is 128 cm³/mol. The van der Waals surface area contributed by atoms with Gasteiger partial charge in [-0.1, -0.05) is 12.8 Å². The van der Waals surface area contributed by atoms with Crippen LogP contribution < -0.4 is 5.73 Å². The molecule has 192 valence electrons. The van der Waals surface area contributed by atoms with Crippen molar-refractivity contribution in [3.05, 3.63) is 12.7 Å². The van der Waals surface area contributed by atoms with Gasteiger partial charge in [0.05, 0.1) is 30.8 Å². The Morgan fingerprint density at radius 3 is 2.23 bits per heavy atom. The van der Waals surface area contributed by atoms with Crippen LogP contribution in [0.2, 0.25) is 0 Å². The molecular weight excluding hydrogens is 497 g/mol. The lowest BCUT2D eigenvalue weighted by molar-refractivity contribution is -0.159. The Labute approximate surface area is 208 Å². The van der Waals surface area contributed by atoms with Gasteiger partial charge in [0.2, 0.25) is 6.49 Å². The maximum Gasteiger partial charge on any atom is 0.311 e. The van der Waals surface area contributed by atoms with Gasteiger partial charge in [0, 0.05) is 0 Å². The van der Waals surface area contributed by atoms with Gasteiger partial charge in [0.25, 0.3) is 0 Å². The van der Waals surface area contributed by atoms with Gasteiger partial charge < -0.3 is 24.5 Å². The zero-order chi connectivity index (χ0) is 24.8. The molecule has 0 bridgehead atoms. The smallest absolute Gasteiger partial charge is 0.311 e. The van der Waals surface area contributed by atoms with Gasteiger partial charge in [-0.05, 0) is 44.4 Å². The quantitative estimate of drug-likeness (QED) is 0.232. The summed E-state index contributed by atoms with van der Waals surface area (Å²) in [5.41, 5.74) is 6.94. The molecule has 0 aliphatic heterocycles. The van der Waals surface area contributed by atoms with Crippen molar-refractivity contribution in [2.24, 2.45) is 11.8 Å². The Balaban J connectivity index is 1.30. The highest BCUT2D eigenvalue weighted by Crippen LogP contribution is 2.49. The van der Waals surface area contributed by atoms with E-state index in [1.54, 1.807) is 10.9 Å². The van der Waals surface area contributed by atoms with E-state index in [0.717, 1.165) is 38.5 Å². The number of fused-ring (bicyclic) bond motifs is 1. The number of nitrogen functional groups attached to an aromatic ring is 1. The third-order valence-electron chi connectivity index (χ3n) is 6.18. The Bertz CT molecular complexity index is 1060. The number of rotatable bonds is 13. The van der Waals surface area contributed by atoms with Crippen LogP contribution in [0.15, 0.2) is 12.7 Å². The molecule has 0 saturated heterocycles. The fourth-order valence-corrected chi connectivity index (χ4v) is 5.07. The molecule has 0 radical (unpaired) electrons. The number of ether oxygens (including phenoxy) is 3. The lowest BCUT2D eigenvalue weighted by Gasteiger charge is -2.27. The number of hydrogen-bond acceptors (Lipinski definition) is 12. The van der Waals surface area contributed by atoms with Gasteiger partial charge in [-0.25, -0.2) is 15.0 Å². The molecule has 2 fully saturated rings. The van der Waals surface area contributed by atoms with E-state index in [1.165, 1.54) is 6.33 Å². The molecule has 4 rings (SSSR count). The van der Waals surface area contributed by atoms with Crippen molar-refractivity contribution in [1.82, 2.24) is 19.5 Å². The Kier molecular flexibility index (Phi) is 8.66. The van der Waals surface area contributed by atoms with Gasteiger partial charge in [-0.15, -0.1) is 0 Å². The van der Waals surface area contributed by atoms with Crippen molar-refractivity contribution < 1.29 is 32.8 Å². The highest BCUT2D eigenvalue weighted by atomic mass is 32.5. The van der Waals surface area contributed by atoms with E-state index in [9.17, 15) is 9.59 Å². The molecule has 12 nitrogen and oxygen atoms in total. The first-order chi connectivity index (χ1) is 16.8. The summed E-state index contributed by atoms with van der Waals surface area (Å²) in [6.45, 7) is -1.51. The molecule has 2 saturated carbocycles. The summed E-state index contributed by atoms with van der Waals surface area (Å²) in [6.07, 6.45) is 7.90. The molecule has 2 heterocycles. The minimum atomic E-state index is -3.09. The number of carbonyl (C=O) groups is 2. The van der Waals surface area contributed by atoms with Gasteiger partial charge in [-0.2, -0.15) is 0 Å². The molecule has 0 unspecified atom stereocenters. The fraction of sp³-hybridized carbons (Fsp3) is 0.667. The van der Waals surface area contributed by atoms with Crippen LogP contribution in [0.5, 0.6) is 0 Å². The maximum atomic E-state index is 12.0. The highest BCUT2D eigenvalue weighted by molar-refractivity contribution is 8.09. The first-order valence-corrected chi connectivity index (χ1v) is 14.4. The third-order valence-corrected chi connectivity index (χ3v) is 8.59. The van der Waals surface area contributed by atoms with E-state index in [0.29, 0.717) is 23.5 Å².